The van der Waals surface area contributed by atoms with Gasteiger partial charge in [-0.2, -0.15) is 0 Å². The van der Waals surface area contributed by atoms with Crippen molar-refractivity contribution in [1.29, 1.82) is 0 Å². The van der Waals surface area contributed by atoms with Crippen LogP contribution in [-0.4, -0.2) is 32.2 Å². The number of benzene rings is 1. The molecular weight excluding hydrogens is 361 g/mol. The van der Waals surface area contributed by atoms with Gasteiger partial charge in [-0.25, -0.2) is 4.79 Å². The van der Waals surface area contributed by atoms with E-state index in [1.54, 1.807) is 0 Å². The van der Waals surface area contributed by atoms with E-state index in [9.17, 15) is 18.0 Å². The van der Waals surface area contributed by atoms with Crippen molar-refractivity contribution in [1.82, 2.24) is 5.32 Å². The lowest BCUT2D eigenvalue weighted by atomic mass is 10.0. The number of para-hydroxylation sites is 2. The van der Waals surface area contributed by atoms with Crippen molar-refractivity contribution >= 4 is 11.7 Å². The Kier molecular flexibility index (Phi) is 10.6. The van der Waals surface area contributed by atoms with Gasteiger partial charge in [0.15, 0.2) is 5.75 Å². The fraction of sp³-hybridized carbons (Fsp3) is 0.632. The smallest absolute Gasteiger partial charge is 0.404 e. The largest absolute Gasteiger partial charge is 0.573 e. The van der Waals surface area contributed by atoms with Gasteiger partial charge in [-0.15, -0.1) is 13.2 Å². The molecule has 0 bridgehead atoms. The lowest BCUT2D eigenvalue weighted by molar-refractivity contribution is -0.274. The predicted molar refractivity (Wildman–Crippen MR) is 98.9 cm³/mol. The van der Waals surface area contributed by atoms with Gasteiger partial charge >= 0.3 is 12.4 Å². The summed E-state index contributed by atoms with van der Waals surface area (Å²) >= 11 is 0. The summed E-state index contributed by atoms with van der Waals surface area (Å²) < 4.78 is 46.6. The molecule has 2 amide bonds. The molecule has 2 N–H and O–H groups in total. The van der Waals surface area contributed by atoms with Crippen LogP contribution >= 0.6 is 0 Å². The highest BCUT2D eigenvalue weighted by molar-refractivity contribution is 5.90. The first-order valence-corrected chi connectivity index (χ1v) is 9.33. The molecule has 0 saturated carbocycles. The number of anilines is 1. The van der Waals surface area contributed by atoms with Crippen molar-refractivity contribution in [3.05, 3.63) is 24.3 Å². The van der Waals surface area contributed by atoms with Gasteiger partial charge in [0, 0.05) is 19.8 Å². The molecule has 8 heteroatoms. The highest BCUT2D eigenvalue weighted by Gasteiger charge is 2.32. The van der Waals surface area contributed by atoms with Gasteiger partial charge in [-0.3, -0.25) is 0 Å². The number of ether oxygens (including phenoxy) is 2. The number of hydrogen-bond donors (Lipinski definition) is 2. The molecule has 0 heterocycles. The number of amides is 2. The third-order valence-corrected chi connectivity index (χ3v) is 4.01. The highest BCUT2D eigenvalue weighted by atomic mass is 19.4. The fourth-order valence-electron chi connectivity index (χ4n) is 2.47. The zero-order valence-corrected chi connectivity index (χ0v) is 15.9. The minimum absolute atomic E-state index is 0.0507. The fourth-order valence-corrected chi connectivity index (χ4v) is 2.47. The number of unbranched alkanes of at least 4 members (excludes halogenated alkanes) is 1. The molecule has 1 aromatic rings. The molecule has 5 nitrogen and oxygen atoms in total. The number of halogens is 3. The van der Waals surface area contributed by atoms with E-state index in [2.05, 4.69) is 29.2 Å². The van der Waals surface area contributed by atoms with Crippen LogP contribution in [-0.2, 0) is 4.74 Å². The van der Waals surface area contributed by atoms with Crippen LogP contribution in [0.4, 0.5) is 23.7 Å². The standard InChI is InChI=1S/C19H29F3N2O3/c1-3-5-9-15(4-2)14-26-13-8-12-23-18(25)24-16-10-6-7-11-17(16)27-19(20,21)22/h6-7,10-11,15H,3-5,8-9,12-14H2,1-2H3,(H2,23,24,25). The van der Waals surface area contributed by atoms with Gasteiger partial charge in [-0.1, -0.05) is 45.2 Å². The van der Waals surface area contributed by atoms with E-state index in [1.807, 2.05) is 0 Å². The number of alkyl halides is 3. The van der Waals surface area contributed by atoms with E-state index in [0.717, 1.165) is 18.9 Å². The van der Waals surface area contributed by atoms with Gasteiger partial charge in [0.2, 0.25) is 0 Å². The molecule has 0 aliphatic rings. The summed E-state index contributed by atoms with van der Waals surface area (Å²) in [6.45, 7) is 5.91. The Labute approximate surface area is 158 Å². The third kappa shape index (κ3) is 10.7. The van der Waals surface area contributed by atoms with Gasteiger partial charge in [0.05, 0.1) is 5.69 Å². The summed E-state index contributed by atoms with van der Waals surface area (Å²) in [5.74, 6) is 0.104. The van der Waals surface area contributed by atoms with Crippen LogP contribution in [0.15, 0.2) is 24.3 Å². The van der Waals surface area contributed by atoms with Crippen molar-refractivity contribution in [3.8, 4) is 5.75 Å². The van der Waals surface area contributed by atoms with Crippen molar-refractivity contribution in [2.75, 3.05) is 25.1 Å². The van der Waals surface area contributed by atoms with E-state index in [0.29, 0.717) is 32.1 Å². The average Bonchev–Trinajstić information content (AvgIpc) is 2.61. The second-order valence-corrected chi connectivity index (χ2v) is 6.27. The zero-order chi connectivity index (χ0) is 20.1. The lowest BCUT2D eigenvalue weighted by Gasteiger charge is -2.15. The summed E-state index contributed by atoms with van der Waals surface area (Å²) in [4.78, 5) is 11.8. The predicted octanol–water partition coefficient (Wildman–Crippen LogP) is 5.33. The molecule has 27 heavy (non-hydrogen) atoms. The molecule has 0 saturated heterocycles. The van der Waals surface area contributed by atoms with Crippen LogP contribution < -0.4 is 15.4 Å². The Bertz CT molecular complexity index is 553. The Morgan fingerprint density at radius 1 is 1.19 bits per heavy atom. The quantitative estimate of drug-likeness (QED) is 0.474. The summed E-state index contributed by atoms with van der Waals surface area (Å²) in [5.41, 5.74) is -0.0507. The Morgan fingerprint density at radius 3 is 2.59 bits per heavy atom. The average molecular weight is 390 g/mol. The molecule has 0 fully saturated rings. The number of urea groups is 1. The first-order chi connectivity index (χ1) is 12.9. The van der Waals surface area contributed by atoms with Crippen LogP contribution in [0.3, 0.4) is 0 Å². The van der Waals surface area contributed by atoms with Crippen LogP contribution in [0.2, 0.25) is 0 Å². The molecule has 154 valence electrons. The maximum atomic E-state index is 12.4. The Hall–Kier alpha value is -1.96. The normalized spacial score (nSPS) is 12.5. The second kappa shape index (κ2) is 12.4. The monoisotopic (exact) mass is 390 g/mol. The van der Waals surface area contributed by atoms with E-state index < -0.39 is 18.1 Å². The number of hydrogen-bond acceptors (Lipinski definition) is 3. The molecule has 0 aliphatic carbocycles. The molecule has 0 aliphatic heterocycles. The Morgan fingerprint density at radius 2 is 1.93 bits per heavy atom. The molecule has 0 spiro atoms. The van der Waals surface area contributed by atoms with Gasteiger partial charge in [0.1, 0.15) is 0 Å². The third-order valence-electron chi connectivity index (χ3n) is 4.01. The first-order valence-electron chi connectivity index (χ1n) is 9.33. The van der Waals surface area contributed by atoms with Gasteiger partial charge in [-0.05, 0) is 30.9 Å². The zero-order valence-electron chi connectivity index (χ0n) is 15.9. The summed E-state index contributed by atoms with van der Waals surface area (Å²) in [5, 5.41) is 4.95. The van der Waals surface area contributed by atoms with Gasteiger partial charge < -0.3 is 20.1 Å². The Balaban J connectivity index is 2.27. The molecule has 1 rings (SSSR count). The van der Waals surface area contributed by atoms with Crippen LogP contribution in [0, 0.1) is 5.92 Å². The molecule has 0 radical (unpaired) electrons. The molecular formula is C19H29F3N2O3. The van der Waals surface area contributed by atoms with Crippen molar-refractivity contribution in [2.24, 2.45) is 5.92 Å². The van der Waals surface area contributed by atoms with Crippen LogP contribution in [0.25, 0.3) is 0 Å². The minimum Gasteiger partial charge on any atom is -0.404 e. The number of carbonyl (C=O) groups excluding carboxylic acids is 1. The van der Waals surface area contributed by atoms with Crippen LogP contribution in [0.5, 0.6) is 5.75 Å². The highest BCUT2D eigenvalue weighted by Crippen LogP contribution is 2.29. The van der Waals surface area contributed by atoms with E-state index in [4.69, 9.17) is 4.74 Å². The lowest BCUT2D eigenvalue weighted by Crippen LogP contribution is -2.30. The van der Waals surface area contributed by atoms with Crippen molar-refractivity contribution in [2.45, 2.75) is 52.3 Å². The number of nitrogens with one attached hydrogen (secondary N) is 2. The molecule has 1 atom stereocenters. The maximum Gasteiger partial charge on any atom is 0.573 e. The maximum absolute atomic E-state index is 12.4. The number of carbonyl (C=O) groups is 1. The van der Waals surface area contributed by atoms with E-state index in [-0.39, 0.29) is 5.69 Å². The molecule has 0 aromatic heterocycles. The summed E-state index contributed by atoms with van der Waals surface area (Å²) in [6, 6.07) is 4.79. The second-order valence-electron chi connectivity index (χ2n) is 6.27. The summed E-state index contributed by atoms with van der Waals surface area (Å²) in [7, 11) is 0. The SMILES string of the molecule is CCCCC(CC)COCCCNC(=O)Nc1ccccc1OC(F)(F)F. The van der Waals surface area contributed by atoms with Crippen molar-refractivity contribution < 1.29 is 27.4 Å². The summed E-state index contributed by atoms with van der Waals surface area (Å²) in [6.07, 6.45) is 0.417. The molecule has 1 aromatic carbocycles. The topological polar surface area (TPSA) is 59.6 Å². The van der Waals surface area contributed by atoms with Gasteiger partial charge in [0.25, 0.3) is 0 Å². The molecule has 1 unspecified atom stereocenters. The van der Waals surface area contributed by atoms with Crippen LogP contribution in [0.1, 0.15) is 46.0 Å². The first kappa shape index (κ1) is 23.1. The van der Waals surface area contributed by atoms with E-state index >= 15 is 0 Å². The van der Waals surface area contributed by atoms with Crippen molar-refractivity contribution in [3.63, 3.8) is 0 Å². The number of rotatable bonds is 12. The van der Waals surface area contributed by atoms with E-state index in [1.165, 1.54) is 31.0 Å². The minimum atomic E-state index is -4.82.